The zero-order chi connectivity index (χ0) is 17.9. The van der Waals surface area contributed by atoms with E-state index in [1.54, 1.807) is 11.3 Å². The first-order chi connectivity index (χ1) is 12.7. The molecule has 5 heteroatoms. The number of hydrogen-bond donors (Lipinski definition) is 2. The maximum atomic E-state index is 12.5. The first kappa shape index (κ1) is 17.2. The maximum absolute atomic E-state index is 12.5. The average molecular weight is 366 g/mol. The topological polar surface area (TPSA) is 62.2 Å². The van der Waals surface area contributed by atoms with E-state index in [0.717, 1.165) is 33.6 Å². The molecule has 26 heavy (non-hydrogen) atoms. The van der Waals surface area contributed by atoms with Crippen LogP contribution in [0.4, 0.5) is 0 Å². The second-order valence-electron chi connectivity index (χ2n) is 6.92. The van der Waals surface area contributed by atoms with Crippen LogP contribution in [0.25, 0.3) is 10.2 Å². The fourth-order valence-corrected chi connectivity index (χ4v) is 4.50. The molecular weight excluding hydrogens is 344 g/mol. The molecule has 0 bridgehead atoms. The van der Waals surface area contributed by atoms with Crippen molar-refractivity contribution < 1.29 is 9.90 Å². The Morgan fingerprint density at radius 3 is 2.62 bits per heavy atom. The molecule has 4 nitrogen and oxygen atoms in total. The summed E-state index contributed by atoms with van der Waals surface area (Å²) < 4.78 is 1.16. The van der Waals surface area contributed by atoms with Crippen LogP contribution in [-0.4, -0.2) is 22.1 Å². The summed E-state index contributed by atoms with van der Waals surface area (Å²) in [7, 11) is 0. The Labute approximate surface area is 156 Å². The second-order valence-corrected chi connectivity index (χ2v) is 8.03. The summed E-state index contributed by atoms with van der Waals surface area (Å²) in [4.78, 5) is 17.1. The van der Waals surface area contributed by atoms with Gasteiger partial charge in [0.2, 0.25) is 5.91 Å². The molecule has 1 atom stereocenters. The number of nitrogens with zero attached hydrogens (tertiary/aromatic N) is 1. The van der Waals surface area contributed by atoms with Crippen molar-refractivity contribution in [2.75, 3.05) is 0 Å². The van der Waals surface area contributed by atoms with Crippen molar-refractivity contribution in [1.29, 1.82) is 0 Å². The number of fused-ring (bicyclic) bond motifs is 1. The normalized spacial score (nSPS) is 20.5. The summed E-state index contributed by atoms with van der Waals surface area (Å²) in [5.74, 6) is 0.346. The lowest BCUT2D eigenvalue weighted by molar-refractivity contribution is -0.123. The van der Waals surface area contributed by atoms with E-state index in [0.29, 0.717) is 18.8 Å². The van der Waals surface area contributed by atoms with Gasteiger partial charge in [0.15, 0.2) is 0 Å². The molecule has 0 unspecified atom stereocenters. The SMILES string of the molecule is O=C(CCc1nc2ccccc2s1)N[C@@H](c1ccccc1)C1CC(O)C1. The van der Waals surface area contributed by atoms with Crippen molar-refractivity contribution >= 4 is 27.5 Å². The van der Waals surface area contributed by atoms with Gasteiger partial charge in [-0.2, -0.15) is 0 Å². The Hall–Kier alpha value is -2.24. The Kier molecular flexibility index (Phi) is 5.00. The molecule has 0 radical (unpaired) electrons. The van der Waals surface area contributed by atoms with E-state index in [4.69, 9.17) is 0 Å². The number of aliphatic hydroxyl groups is 1. The van der Waals surface area contributed by atoms with Crippen molar-refractivity contribution in [2.24, 2.45) is 5.92 Å². The number of aliphatic hydroxyl groups excluding tert-OH is 1. The van der Waals surface area contributed by atoms with Crippen LogP contribution in [0.15, 0.2) is 54.6 Å². The Morgan fingerprint density at radius 2 is 1.88 bits per heavy atom. The summed E-state index contributed by atoms with van der Waals surface area (Å²) in [5, 5.41) is 13.8. The molecule has 4 rings (SSSR count). The quantitative estimate of drug-likeness (QED) is 0.696. The fourth-order valence-electron chi connectivity index (χ4n) is 3.53. The van der Waals surface area contributed by atoms with Gasteiger partial charge < -0.3 is 10.4 Å². The minimum absolute atomic E-state index is 0.0255. The summed E-state index contributed by atoms with van der Waals surface area (Å²) in [6, 6.07) is 18.1. The maximum Gasteiger partial charge on any atom is 0.220 e. The number of aromatic nitrogens is 1. The molecule has 2 N–H and O–H groups in total. The van der Waals surface area contributed by atoms with Crippen molar-refractivity contribution in [3.05, 3.63) is 65.2 Å². The largest absolute Gasteiger partial charge is 0.393 e. The van der Waals surface area contributed by atoms with Crippen LogP contribution in [0, 0.1) is 5.92 Å². The van der Waals surface area contributed by atoms with Gasteiger partial charge in [-0.3, -0.25) is 4.79 Å². The van der Waals surface area contributed by atoms with E-state index in [1.807, 2.05) is 48.5 Å². The summed E-state index contributed by atoms with van der Waals surface area (Å²) in [6.07, 6.45) is 2.35. The highest BCUT2D eigenvalue weighted by Crippen LogP contribution is 2.38. The number of amides is 1. The van der Waals surface area contributed by atoms with E-state index >= 15 is 0 Å². The molecule has 0 aliphatic heterocycles. The smallest absolute Gasteiger partial charge is 0.220 e. The summed E-state index contributed by atoms with van der Waals surface area (Å²) >= 11 is 1.65. The van der Waals surface area contributed by atoms with Gasteiger partial charge in [-0.1, -0.05) is 42.5 Å². The summed E-state index contributed by atoms with van der Waals surface area (Å²) in [6.45, 7) is 0. The number of carbonyl (C=O) groups excluding carboxylic acids is 1. The molecule has 1 fully saturated rings. The highest BCUT2D eigenvalue weighted by Gasteiger charge is 2.35. The minimum atomic E-state index is -0.231. The molecule has 2 aromatic carbocycles. The number of benzene rings is 2. The lowest BCUT2D eigenvalue weighted by Gasteiger charge is -2.38. The van der Waals surface area contributed by atoms with Gasteiger partial charge in [0.25, 0.3) is 0 Å². The number of aryl methyl sites for hydroxylation is 1. The number of rotatable bonds is 6. The molecule has 0 saturated heterocycles. The van der Waals surface area contributed by atoms with Crippen molar-refractivity contribution in [3.63, 3.8) is 0 Å². The zero-order valence-electron chi connectivity index (χ0n) is 14.5. The van der Waals surface area contributed by atoms with E-state index in [9.17, 15) is 9.90 Å². The Bertz CT molecular complexity index is 854. The first-order valence-corrected chi connectivity index (χ1v) is 9.87. The van der Waals surface area contributed by atoms with Crippen LogP contribution in [-0.2, 0) is 11.2 Å². The minimum Gasteiger partial charge on any atom is -0.393 e. The highest BCUT2D eigenvalue weighted by molar-refractivity contribution is 7.18. The third-order valence-corrected chi connectivity index (χ3v) is 6.10. The number of thiazole rings is 1. The lowest BCUT2D eigenvalue weighted by Crippen LogP contribution is -2.41. The van der Waals surface area contributed by atoms with Crippen molar-refractivity contribution in [3.8, 4) is 0 Å². The van der Waals surface area contributed by atoms with Gasteiger partial charge in [0, 0.05) is 12.8 Å². The summed E-state index contributed by atoms with van der Waals surface area (Å²) in [5.41, 5.74) is 2.11. The molecule has 134 valence electrons. The Morgan fingerprint density at radius 1 is 1.15 bits per heavy atom. The van der Waals surface area contributed by atoms with Crippen LogP contribution in [0.1, 0.15) is 35.9 Å². The van der Waals surface area contributed by atoms with Gasteiger partial charge in [-0.25, -0.2) is 4.98 Å². The predicted octanol–water partition coefficient (Wildman–Crippen LogP) is 3.86. The van der Waals surface area contributed by atoms with E-state index in [1.165, 1.54) is 0 Å². The average Bonchev–Trinajstić information content (AvgIpc) is 3.06. The lowest BCUT2D eigenvalue weighted by atomic mass is 9.75. The van der Waals surface area contributed by atoms with Crippen LogP contribution >= 0.6 is 11.3 Å². The number of hydrogen-bond acceptors (Lipinski definition) is 4. The van der Waals surface area contributed by atoms with Crippen molar-refractivity contribution in [2.45, 2.75) is 37.8 Å². The second kappa shape index (κ2) is 7.56. The van der Waals surface area contributed by atoms with Gasteiger partial charge in [0.05, 0.1) is 27.4 Å². The molecule has 1 heterocycles. The Balaban J connectivity index is 1.40. The monoisotopic (exact) mass is 366 g/mol. The molecule has 0 spiro atoms. The standard InChI is InChI=1S/C21H22N2O2S/c24-16-12-15(13-16)21(14-6-2-1-3-7-14)23-19(25)10-11-20-22-17-8-4-5-9-18(17)26-20/h1-9,15-16,21,24H,10-13H2,(H,23,25)/t15?,16?,21-/m0/s1. The molecule has 1 aliphatic carbocycles. The number of para-hydroxylation sites is 1. The van der Waals surface area contributed by atoms with Crippen LogP contribution in [0.5, 0.6) is 0 Å². The fraction of sp³-hybridized carbons (Fsp3) is 0.333. The number of nitrogens with one attached hydrogen (secondary N) is 1. The molecule has 3 aromatic rings. The predicted molar refractivity (Wildman–Crippen MR) is 104 cm³/mol. The molecular formula is C21H22N2O2S. The third-order valence-electron chi connectivity index (χ3n) is 5.00. The van der Waals surface area contributed by atoms with Crippen LogP contribution in [0.3, 0.4) is 0 Å². The van der Waals surface area contributed by atoms with Crippen molar-refractivity contribution in [1.82, 2.24) is 10.3 Å². The number of carbonyl (C=O) groups is 1. The van der Waals surface area contributed by atoms with E-state index in [-0.39, 0.29) is 18.1 Å². The zero-order valence-corrected chi connectivity index (χ0v) is 15.3. The molecule has 1 amide bonds. The highest BCUT2D eigenvalue weighted by atomic mass is 32.1. The first-order valence-electron chi connectivity index (χ1n) is 9.06. The van der Waals surface area contributed by atoms with Gasteiger partial charge >= 0.3 is 0 Å². The van der Waals surface area contributed by atoms with Gasteiger partial charge in [-0.15, -0.1) is 11.3 Å². The molecule has 1 aromatic heterocycles. The van der Waals surface area contributed by atoms with Crippen LogP contribution < -0.4 is 5.32 Å². The third kappa shape index (κ3) is 3.79. The molecule has 1 aliphatic rings. The van der Waals surface area contributed by atoms with E-state index in [2.05, 4.69) is 16.4 Å². The van der Waals surface area contributed by atoms with Crippen LogP contribution in [0.2, 0.25) is 0 Å². The van der Waals surface area contributed by atoms with Gasteiger partial charge in [0.1, 0.15) is 0 Å². The van der Waals surface area contributed by atoms with Gasteiger partial charge in [-0.05, 0) is 36.5 Å². The molecule has 1 saturated carbocycles. The van der Waals surface area contributed by atoms with E-state index < -0.39 is 0 Å².